The standard InChI is InChI=1S/C7H14N2O3/c1-4-8(5-2)7(11)9(6-10)12-3/h6H,4-5H2,1-3H3. The Morgan fingerprint density at radius 3 is 2.17 bits per heavy atom. The molecule has 0 aliphatic heterocycles. The molecule has 0 aliphatic carbocycles. The van der Waals surface area contributed by atoms with Crippen LogP contribution in [0.4, 0.5) is 4.79 Å². The van der Waals surface area contributed by atoms with Crippen molar-refractivity contribution in [3.63, 3.8) is 0 Å². The molecule has 0 aliphatic rings. The van der Waals surface area contributed by atoms with Crippen LogP contribution in [-0.2, 0) is 9.63 Å². The van der Waals surface area contributed by atoms with Gasteiger partial charge in [0.05, 0.1) is 7.11 Å². The van der Waals surface area contributed by atoms with Crippen LogP contribution < -0.4 is 0 Å². The Morgan fingerprint density at radius 1 is 1.42 bits per heavy atom. The second kappa shape index (κ2) is 5.54. The van der Waals surface area contributed by atoms with Gasteiger partial charge in [0.1, 0.15) is 0 Å². The third-order valence-electron chi connectivity index (χ3n) is 1.51. The van der Waals surface area contributed by atoms with Crippen molar-refractivity contribution < 1.29 is 14.4 Å². The lowest BCUT2D eigenvalue weighted by molar-refractivity contribution is -0.147. The molecule has 12 heavy (non-hydrogen) atoms. The third kappa shape index (κ3) is 2.50. The van der Waals surface area contributed by atoms with Crippen LogP contribution in [0.15, 0.2) is 0 Å². The number of hydrogen-bond acceptors (Lipinski definition) is 3. The van der Waals surface area contributed by atoms with E-state index < -0.39 is 6.03 Å². The van der Waals surface area contributed by atoms with Crippen molar-refractivity contribution in [2.45, 2.75) is 13.8 Å². The molecule has 0 aromatic rings. The SMILES string of the molecule is CCN(CC)C(=O)N(C=O)OC. The molecule has 0 aromatic carbocycles. The first kappa shape index (κ1) is 10.9. The molecule has 0 saturated heterocycles. The Kier molecular flexibility index (Phi) is 5.03. The summed E-state index contributed by atoms with van der Waals surface area (Å²) in [6, 6.07) is -0.433. The molecule has 70 valence electrons. The number of urea groups is 1. The smallest absolute Gasteiger partial charge is 0.323 e. The van der Waals surface area contributed by atoms with E-state index in [-0.39, 0.29) is 0 Å². The van der Waals surface area contributed by atoms with Crippen molar-refractivity contribution in [3.05, 3.63) is 0 Å². The van der Waals surface area contributed by atoms with Gasteiger partial charge in [-0.25, -0.2) is 4.79 Å². The Morgan fingerprint density at radius 2 is 1.92 bits per heavy atom. The summed E-state index contributed by atoms with van der Waals surface area (Å²) in [5.41, 5.74) is 0. The van der Waals surface area contributed by atoms with Crippen molar-refractivity contribution in [1.82, 2.24) is 9.96 Å². The zero-order valence-electron chi connectivity index (χ0n) is 7.61. The molecule has 0 radical (unpaired) electrons. The average Bonchev–Trinajstić information content (AvgIpc) is 2.09. The molecule has 0 heterocycles. The van der Waals surface area contributed by atoms with Crippen molar-refractivity contribution in [3.8, 4) is 0 Å². The van der Waals surface area contributed by atoms with Gasteiger partial charge in [0.25, 0.3) is 0 Å². The topological polar surface area (TPSA) is 49.9 Å². The second-order valence-corrected chi connectivity index (χ2v) is 2.07. The number of hydrogen-bond donors (Lipinski definition) is 0. The number of carbonyl (C=O) groups excluding carboxylic acids is 2. The Balaban J connectivity index is 4.22. The third-order valence-corrected chi connectivity index (χ3v) is 1.51. The fraction of sp³-hybridized carbons (Fsp3) is 0.714. The number of hydroxylamine groups is 2. The normalized spacial score (nSPS) is 9.25. The monoisotopic (exact) mass is 174 g/mol. The quantitative estimate of drug-likeness (QED) is 0.459. The highest BCUT2D eigenvalue weighted by Crippen LogP contribution is 1.95. The van der Waals surface area contributed by atoms with Crippen molar-refractivity contribution in [1.29, 1.82) is 0 Å². The van der Waals surface area contributed by atoms with E-state index in [0.717, 1.165) is 0 Å². The van der Waals surface area contributed by atoms with Gasteiger partial charge in [0, 0.05) is 13.1 Å². The largest absolute Gasteiger partial charge is 0.351 e. The van der Waals surface area contributed by atoms with Gasteiger partial charge in [-0.2, -0.15) is 0 Å². The summed E-state index contributed by atoms with van der Waals surface area (Å²) in [6.45, 7) is 4.78. The first-order valence-electron chi connectivity index (χ1n) is 3.78. The van der Waals surface area contributed by atoms with Crippen LogP contribution in [0.2, 0.25) is 0 Å². The highest BCUT2D eigenvalue weighted by atomic mass is 16.7. The first-order valence-corrected chi connectivity index (χ1v) is 3.78. The van der Waals surface area contributed by atoms with Crippen LogP contribution in [0.5, 0.6) is 0 Å². The molecular formula is C7H14N2O3. The molecule has 0 atom stereocenters. The molecule has 0 saturated carbocycles. The van der Waals surface area contributed by atoms with Crippen molar-refractivity contribution >= 4 is 12.4 Å². The van der Waals surface area contributed by atoms with Crippen LogP contribution in [0.3, 0.4) is 0 Å². The molecule has 3 amide bonds. The summed E-state index contributed by atoms with van der Waals surface area (Å²) in [7, 11) is 1.27. The second-order valence-electron chi connectivity index (χ2n) is 2.07. The van der Waals surface area contributed by atoms with Crippen LogP contribution in [0, 0.1) is 0 Å². The number of amides is 3. The molecule has 0 rings (SSSR count). The van der Waals surface area contributed by atoms with E-state index in [4.69, 9.17) is 0 Å². The molecule has 0 fully saturated rings. The fourth-order valence-electron chi connectivity index (χ4n) is 0.800. The van der Waals surface area contributed by atoms with Crippen molar-refractivity contribution in [2.75, 3.05) is 20.2 Å². The van der Waals surface area contributed by atoms with Crippen LogP contribution >= 0.6 is 0 Å². The molecule has 0 aromatic heterocycles. The molecule has 0 spiro atoms. The minimum absolute atomic E-state index is 0.348. The summed E-state index contributed by atoms with van der Waals surface area (Å²) in [6.07, 6.45) is 0.348. The maximum absolute atomic E-state index is 11.3. The van der Waals surface area contributed by atoms with Crippen LogP contribution in [0.25, 0.3) is 0 Å². The number of nitrogens with zero attached hydrogens (tertiary/aromatic N) is 2. The lowest BCUT2D eigenvalue weighted by Gasteiger charge is -2.22. The summed E-state index contributed by atoms with van der Waals surface area (Å²) >= 11 is 0. The van der Waals surface area contributed by atoms with E-state index >= 15 is 0 Å². The average molecular weight is 174 g/mol. The van der Waals surface area contributed by atoms with E-state index in [1.54, 1.807) is 0 Å². The van der Waals surface area contributed by atoms with E-state index in [2.05, 4.69) is 4.84 Å². The van der Waals surface area contributed by atoms with E-state index in [0.29, 0.717) is 24.6 Å². The van der Waals surface area contributed by atoms with Gasteiger partial charge in [0.2, 0.25) is 6.41 Å². The summed E-state index contributed by atoms with van der Waals surface area (Å²) in [5.74, 6) is 0. The number of rotatable bonds is 4. The molecule has 0 N–H and O–H groups in total. The van der Waals surface area contributed by atoms with Gasteiger partial charge in [-0.1, -0.05) is 0 Å². The highest BCUT2D eigenvalue weighted by molar-refractivity contribution is 5.83. The zero-order valence-corrected chi connectivity index (χ0v) is 7.61. The predicted octanol–water partition coefficient (Wildman–Crippen LogP) is 0.468. The molecule has 5 heteroatoms. The lowest BCUT2D eigenvalue weighted by atomic mass is 10.5. The summed E-state index contributed by atoms with van der Waals surface area (Å²) in [4.78, 5) is 27.5. The predicted molar refractivity (Wildman–Crippen MR) is 43.2 cm³/mol. The fourth-order valence-corrected chi connectivity index (χ4v) is 0.800. The molecule has 0 bridgehead atoms. The van der Waals surface area contributed by atoms with Crippen LogP contribution in [0.1, 0.15) is 13.8 Å². The maximum Gasteiger partial charge on any atom is 0.351 e. The summed E-state index contributed by atoms with van der Waals surface area (Å²) < 4.78 is 0. The van der Waals surface area contributed by atoms with Gasteiger partial charge in [-0.15, -0.1) is 5.06 Å². The Bertz CT molecular complexity index is 157. The Hall–Kier alpha value is -1.10. The van der Waals surface area contributed by atoms with Gasteiger partial charge in [-0.05, 0) is 13.8 Å². The first-order chi connectivity index (χ1) is 5.71. The van der Waals surface area contributed by atoms with Crippen LogP contribution in [-0.4, -0.2) is 42.6 Å². The number of imide groups is 1. The van der Waals surface area contributed by atoms with Crippen molar-refractivity contribution in [2.24, 2.45) is 0 Å². The molecule has 0 unspecified atom stereocenters. The van der Waals surface area contributed by atoms with Gasteiger partial charge >= 0.3 is 6.03 Å². The van der Waals surface area contributed by atoms with Gasteiger partial charge < -0.3 is 4.90 Å². The zero-order chi connectivity index (χ0) is 9.56. The lowest BCUT2D eigenvalue weighted by Crippen LogP contribution is -2.41. The number of carbonyl (C=O) groups is 2. The molecular weight excluding hydrogens is 160 g/mol. The minimum Gasteiger partial charge on any atom is -0.323 e. The highest BCUT2D eigenvalue weighted by Gasteiger charge is 2.17. The van der Waals surface area contributed by atoms with E-state index in [1.807, 2.05) is 13.8 Å². The molecule has 5 nitrogen and oxygen atoms in total. The van der Waals surface area contributed by atoms with E-state index in [1.165, 1.54) is 12.0 Å². The van der Waals surface area contributed by atoms with Gasteiger partial charge in [0.15, 0.2) is 0 Å². The Labute approximate surface area is 71.8 Å². The van der Waals surface area contributed by atoms with Gasteiger partial charge in [-0.3, -0.25) is 9.63 Å². The maximum atomic E-state index is 11.3. The summed E-state index contributed by atoms with van der Waals surface area (Å²) in [5, 5.41) is 0.660. The minimum atomic E-state index is -0.433. The van der Waals surface area contributed by atoms with E-state index in [9.17, 15) is 9.59 Å².